The zero-order chi connectivity index (χ0) is 45.3. The summed E-state index contributed by atoms with van der Waals surface area (Å²) < 4.78 is 41.4. The molecule has 4 aliphatic heterocycles. The van der Waals surface area contributed by atoms with Crippen molar-refractivity contribution in [3.05, 3.63) is 72.1 Å². The molecule has 5 N–H and O–H groups in total. The van der Waals surface area contributed by atoms with Crippen LogP contribution in [0.4, 0.5) is 0 Å². The van der Waals surface area contributed by atoms with Crippen molar-refractivity contribution in [3.8, 4) is 0 Å². The summed E-state index contributed by atoms with van der Waals surface area (Å²) >= 11 is 0. The Labute approximate surface area is 359 Å². The summed E-state index contributed by atoms with van der Waals surface area (Å²) in [5, 5.41) is 58.7. The van der Waals surface area contributed by atoms with E-state index in [1.807, 2.05) is 13.0 Å². The van der Waals surface area contributed by atoms with Crippen molar-refractivity contribution in [2.24, 2.45) is 10.8 Å². The van der Waals surface area contributed by atoms with Gasteiger partial charge in [0.05, 0.1) is 62.7 Å². The molecule has 342 valence electrons. The highest BCUT2D eigenvalue weighted by Crippen LogP contribution is 2.49. The van der Waals surface area contributed by atoms with Gasteiger partial charge in [0.1, 0.15) is 6.10 Å². The Morgan fingerprint density at radius 3 is 2.25 bits per heavy atom. The molecule has 0 radical (unpaired) electrons. The van der Waals surface area contributed by atoms with Gasteiger partial charge in [-0.05, 0) is 38.2 Å². The van der Waals surface area contributed by atoms with Crippen LogP contribution < -0.4 is 0 Å². The lowest BCUT2D eigenvalue weighted by Crippen LogP contribution is -2.62. The van der Waals surface area contributed by atoms with Gasteiger partial charge in [0.25, 0.3) is 0 Å². The molecule has 0 aromatic rings. The van der Waals surface area contributed by atoms with Crippen LogP contribution in [-0.4, -0.2) is 124 Å². The van der Waals surface area contributed by atoms with Crippen molar-refractivity contribution in [2.45, 2.75) is 172 Å². The first-order valence-corrected chi connectivity index (χ1v) is 21.2. The molecule has 4 rings (SSSR count). The second-order valence-electron chi connectivity index (χ2n) is 17.9. The molecule has 0 saturated carbocycles. The number of carbonyl (C=O) groups excluding carboxylic acids is 3. The molecule has 11 unspecified atom stereocenters. The molecule has 4 heterocycles. The van der Waals surface area contributed by atoms with Gasteiger partial charge in [-0.25, -0.2) is 14.4 Å². The first-order chi connectivity index (χ1) is 28.6. The van der Waals surface area contributed by atoms with Gasteiger partial charge in [0.2, 0.25) is 5.79 Å². The summed E-state index contributed by atoms with van der Waals surface area (Å²) in [6.45, 7) is 14.2. The van der Waals surface area contributed by atoms with Gasteiger partial charge in [-0.3, -0.25) is 0 Å². The SMILES string of the molecule is C=C1CC(O)CC2CC(O)C(C)(C)C(O)(CC3C/C(=C/C(=O)OC)CC(/C=C/C(C)(C)C4(O)OC(C/C(=C\C(=O)OC)C4OC(=O)/C=C/C=C/CCC)CC(C(C)O)O1)O3)O2. The number of carbonyl (C=O) groups is 3. The fourth-order valence-corrected chi connectivity index (χ4v) is 8.31. The van der Waals surface area contributed by atoms with Crippen molar-refractivity contribution in [1.82, 2.24) is 0 Å². The molecule has 11 atom stereocenters. The lowest BCUT2D eigenvalue weighted by atomic mass is 9.70. The van der Waals surface area contributed by atoms with Crippen LogP contribution in [0.3, 0.4) is 0 Å². The minimum absolute atomic E-state index is 0.00140. The average molecular weight is 861 g/mol. The third-order valence-electron chi connectivity index (χ3n) is 12.2. The molecule has 0 aliphatic carbocycles. The minimum atomic E-state index is -2.38. The summed E-state index contributed by atoms with van der Waals surface area (Å²) in [5.41, 5.74) is -1.81. The monoisotopic (exact) mass is 860 g/mol. The standard InChI is InChI=1S/C46H68O15/c1-10-11-12-13-14-15-39(50)59-42-31(23-41(52)56-9)22-34-25-37(29(3)47)57-28(2)18-32(48)24-35-26-38(49)44(6,7)45(53,60-35)27-36-20-30(21-40(51)55-8)19-33(58-36)16-17-43(4,5)46(42,54)61-34/h12-17,21,23,29,32-38,42,47-49,53-54H,2,10-11,18-20,22,24-27H2,1,3-9H3/b13-12+,15-14+,17-16+,30-21+,31-23+. The fraction of sp³-hybridized carbons (Fsp3) is 0.674. The second-order valence-corrected chi connectivity index (χ2v) is 17.9. The largest absolute Gasteiger partial charge is 0.493 e. The van der Waals surface area contributed by atoms with Crippen LogP contribution >= 0.6 is 0 Å². The number of rotatable bonds is 8. The maximum atomic E-state index is 13.4. The number of esters is 3. The number of hydrogen-bond donors (Lipinski definition) is 5. The number of fused-ring (bicyclic) bond motifs is 6. The van der Waals surface area contributed by atoms with E-state index in [-0.39, 0.29) is 62.7 Å². The molecular weight excluding hydrogens is 792 g/mol. The van der Waals surface area contributed by atoms with E-state index in [4.69, 9.17) is 33.2 Å². The van der Waals surface area contributed by atoms with Gasteiger partial charge in [0.15, 0.2) is 11.9 Å². The molecule has 61 heavy (non-hydrogen) atoms. The molecule has 0 amide bonds. The second kappa shape index (κ2) is 21.1. The average Bonchev–Trinajstić information content (AvgIpc) is 3.16. The number of unbranched alkanes of at least 4 members (excludes halogenated alkanes) is 1. The molecule has 15 nitrogen and oxygen atoms in total. The summed E-state index contributed by atoms with van der Waals surface area (Å²) in [4.78, 5) is 38.8. The van der Waals surface area contributed by atoms with E-state index in [1.54, 1.807) is 45.9 Å². The van der Waals surface area contributed by atoms with Gasteiger partial charge in [-0.2, -0.15) is 0 Å². The zero-order valence-corrected chi connectivity index (χ0v) is 36.9. The number of ether oxygens (including phenoxy) is 7. The minimum Gasteiger partial charge on any atom is -0.493 e. The number of aliphatic hydroxyl groups excluding tert-OH is 3. The van der Waals surface area contributed by atoms with Crippen LogP contribution in [0.1, 0.15) is 106 Å². The Morgan fingerprint density at radius 1 is 0.902 bits per heavy atom. The van der Waals surface area contributed by atoms with E-state index in [0.29, 0.717) is 5.57 Å². The Kier molecular flexibility index (Phi) is 17.3. The molecule has 6 bridgehead atoms. The molecule has 4 aliphatic rings. The van der Waals surface area contributed by atoms with Crippen LogP contribution in [0.25, 0.3) is 0 Å². The molecule has 3 saturated heterocycles. The quantitative estimate of drug-likeness (QED) is 0.0736. The molecule has 15 heteroatoms. The third kappa shape index (κ3) is 12.7. The van der Waals surface area contributed by atoms with Gasteiger partial charge in [-0.1, -0.05) is 83.6 Å². The Morgan fingerprint density at radius 2 is 1.59 bits per heavy atom. The van der Waals surface area contributed by atoms with Gasteiger partial charge >= 0.3 is 17.9 Å². The maximum absolute atomic E-state index is 13.4. The predicted molar refractivity (Wildman–Crippen MR) is 223 cm³/mol. The van der Waals surface area contributed by atoms with Crippen LogP contribution in [0, 0.1) is 10.8 Å². The summed E-state index contributed by atoms with van der Waals surface area (Å²) in [6.07, 6.45) is 5.11. The predicted octanol–water partition coefficient (Wildman–Crippen LogP) is 4.70. The smallest absolute Gasteiger partial charge is 0.331 e. The van der Waals surface area contributed by atoms with Gasteiger partial charge in [0, 0.05) is 61.2 Å². The molecule has 0 aromatic carbocycles. The first-order valence-electron chi connectivity index (χ1n) is 21.2. The number of aliphatic hydroxyl groups is 5. The third-order valence-corrected chi connectivity index (χ3v) is 12.2. The van der Waals surface area contributed by atoms with Crippen molar-refractivity contribution in [1.29, 1.82) is 0 Å². The summed E-state index contributed by atoms with van der Waals surface area (Å²) in [7, 11) is 2.46. The maximum Gasteiger partial charge on any atom is 0.331 e. The summed E-state index contributed by atoms with van der Waals surface area (Å²) in [6, 6.07) is 0. The van der Waals surface area contributed by atoms with Crippen molar-refractivity contribution in [3.63, 3.8) is 0 Å². The van der Waals surface area contributed by atoms with Gasteiger partial charge < -0.3 is 58.7 Å². The normalized spacial score (nSPS) is 37.1. The highest BCUT2D eigenvalue weighted by molar-refractivity contribution is 5.84. The molecule has 0 aromatic heterocycles. The highest BCUT2D eigenvalue weighted by atomic mass is 16.7. The van der Waals surface area contributed by atoms with E-state index in [0.717, 1.165) is 18.9 Å². The molecule has 3 fully saturated rings. The Hall–Kier alpha value is -3.67. The zero-order valence-electron chi connectivity index (χ0n) is 36.9. The molecular formula is C46H68O15. The lowest BCUT2D eigenvalue weighted by Gasteiger charge is -2.53. The van der Waals surface area contributed by atoms with E-state index in [9.17, 15) is 39.9 Å². The van der Waals surface area contributed by atoms with Crippen LogP contribution in [0.2, 0.25) is 0 Å². The van der Waals surface area contributed by atoms with E-state index >= 15 is 0 Å². The van der Waals surface area contributed by atoms with E-state index < -0.39 is 95.2 Å². The fourth-order valence-electron chi connectivity index (χ4n) is 8.31. The highest BCUT2D eigenvalue weighted by Gasteiger charge is 2.58. The topological polar surface area (TPSA) is 217 Å². The van der Waals surface area contributed by atoms with Gasteiger partial charge in [-0.15, -0.1) is 0 Å². The van der Waals surface area contributed by atoms with E-state index in [2.05, 4.69) is 6.58 Å². The van der Waals surface area contributed by atoms with Crippen LogP contribution in [-0.2, 0) is 47.5 Å². The van der Waals surface area contributed by atoms with Crippen LogP contribution in [0.5, 0.6) is 0 Å². The van der Waals surface area contributed by atoms with Crippen LogP contribution in [0.15, 0.2) is 72.1 Å². The van der Waals surface area contributed by atoms with Crippen molar-refractivity contribution >= 4 is 17.9 Å². The number of allylic oxidation sites excluding steroid dienone is 3. The number of methoxy groups -OCH3 is 2. The number of hydrogen-bond acceptors (Lipinski definition) is 15. The van der Waals surface area contributed by atoms with Crippen molar-refractivity contribution < 1.29 is 73.1 Å². The first kappa shape index (κ1) is 50.0. The van der Waals surface area contributed by atoms with Crippen molar-refractivity contribution in [2.75, 3.05) is 14.2 Å². The molecule has 0 spiro atoms. The summed E-state index contributed by atoms with van der Waals surface area (Å²) in [5.74, 6) is -6.39. The van der Waals surface area contributed by atoms with E-state index in [1.165, 1.54) is 39.4 Å². The Bertz CT molecular complexity index is 1710. The Balaban J connectivity index is 1.87. The lowest BCUT2D eigenvalue weighted by molar-refractivity contribution is -0.348.